The standard InChI is InChI=1S/C28H22F4N6O4/c29-17-10-19(15-34-14-17)37(24(20-3-1-2-4-21(20)30)25(39)36-18-11-28(31,32)12-18)26(40)22-6-8-42-27(41)38(22)23-9-16(13-33)5-7-35-23/h1-5,7,9-10,14-15,18,22,24H,6,8,11-12H2,(H,36,39)/t22-,24-/m0/s1. The zero-order valence-corrected chi connectivity index (χ0v) is 21.7. The highest BCUT2D eigenvalue weighted by Crippen LogP contribution is 2.39. The topological polar surface area (TPSA) is 129 Å². The predicted molar refractivity (Wildman–Crippen MR) is 138 cm³/mol. The van der Waals surface area contributed by atoms with Crippen LogP contribution in [0.5, 0.6) is 0 Å². The van der Waals surface area contributed by atoms with Gasteiger partial charge in [-0.1, -0.05) is 18.2 Å². The Kier molecular flexibility index (Phi) is 7.75. The maximum Gasteiger partial charge on any atom is 0.416 e. The lowest BCUT2D eigenvalue weighted by Gasteiger charge is -2.40. The third-order valence-corrected chi connectivity index (χ3v) is 6.88. The molecule has 10 nitrogen and oxygen atoms in total. The number of hydrogen-bond acceptors (Lipinski definition) is 7. The number of benzene rings is 1. The number of carbonyl (C=O) groups is 3. The van der Waals surface area contributed by atoms with Crippen molar-refractivity contribution >= 4 is 29.4 Å². The normalized spacial score (nSPS) is 18.7. The average molecular weight is 583 g/mol. The molecule has 0 spiro atoms. The van der Waals surface area contributed by atoms with Gasteiger partial charge in [-0.25, -0.2) is 32.2 Å². The van der Waals surface area contributed by atoms with Crippen molar-refractivity contribution in [1.82, 2.24) is 15.3 Å². The molecule has 1 aliphatic heterocycles. The molecule has 42 heavy (non-hydrogen) atoms. The fourth-order valence-electron chi connectivity index (χ4n) is 4.92. The Morgan fingerprint density at radius 3 is 2.62 bits per heavy atom. The summed E-state index contributed by atoms with van der Waals surface area (Å²) in [5.41, 5.74) is -0.454. The number of nitrogens with zero attached hydrogens (tertiary/aromatic N) is 5. The number of alkyl halides is 2. The van der Waals surface area contributed by atoms with Gasteiger partial charge in [0.25, 0.3) is 11.8 Å². The van der Waals surface area contributed by atoms with Crippen LogP contribution in [-0.2, 0) is 14.3 Å². The lowest BCUT2D eigenvalue weighted by Crippen LogP contribution is -2.58. The Balaban J connectivity index is 1.62. The number of ether oxygens (including phenoxy) is 1. The molecular weight excluding hydrogens is 560 g/mol. The molecule has 2 atom stereocenters. The first-order valence-electron chi connectivity index (χ1n) is 12.8. The minimum Gasteiger partial charge on any atom is -0.449 e. The number of rotatable bonds is 7. The zero-order chi connectivity index (χ0) is 30.0. The highest BCUT2D eigenvalue weighted by molar-refractivity contribution is 6.08. The van der Waals surface area contributed by atoms with Crippen molar-refractivity contribution in [3.05, 3.63) is 83.8 Å². The summed E-state index contributed by atoms with van der Waals surface area (Å²) in [6, 6.07) is 6.26. The number of carbonyl (C=O) groups excluding carboxylic acids is 3. The van der Waals surface area contributed by atoms with Gasteiger partial charge < -0.3 is 10.1 Å². The van der Waals surface area contributed by atoms with E-state index in [1.54, 1.807) is 0 Å². The molecule has 14 heteroatoms. The van der Waals surface area contributed by atoms with Crippen LogP contribution in [-0.4, -0.2) is 52.5 Å². The highest BCUT2D eigenvalue weighted by Gasteiger charge is 2.48. The minimum atomic E-state index is -2.98. The first-order valence-corrected chi connectivity index (χ1v) is 12.8. The molecule has 1 N–H and O–H groups in total. The van der Waals surface area contributed by atoms with Crippen LogP contribution in [0.25, 0.3) is 0 Å². The number of nitriles is 1. The van der Waals surface area contributed by atoms with E-state index in [1.807, 2.05) is 6.07 Å². The molecule has 216 valence electrons. The molecule has 0 unspecified atom stereocenters. The lowest BCUT2D eigenvalue weighted by atomic mass is 9.87. The van der Waals surface area contributed by atoms with Gasteiger partial charge in [-0.3, -0.25) is 19.5 Å². The van der Waals surface area contributed by atoms with Crippen molar-refractivity contribution in [3.63, 3.8) is 0 Å². The van der Waals surface area contributed by atoms with E-state index in [4.69, 9.17) is 4.74 Å². The van der Waals surface area contributed by atoms with Crippen LogP contribution in [0.1, 0.15) is 36.4 Å². The number of hydrogen-bond donors (Lipinski definition) is 1. The molecule has 3 aromatic rings. The second-order valence-electron chi connectivity index (χ2n) is 9.77. The molecule has 5 rings (SSSR count). The van der Waals surface area contributed by atoms with E-state index >= 15 is 4.39 Å². The van der Waals surface area contributed by atoms with E-state index in [-0.39, 0.29) is 35.7 Å². The fraction of sp³-hybridized carbons (Fsp3) is 0.286. The molecule has 0 bridgehead atoms. The summed E-state index contributed by atoms with van der Waals surface area (Å²) >= 11 is 0. The maximum atomic E-state index is 15.3. The van der Waals surface area contributed by atoms with Crippen LogP contribution in [0.3, 0.4) is 0 Å². The summed E-state index contributed by atoms with van der Waals surface area (Å²) in [6.07, 6.45) is 0.756. The fourth-order valence-corrected chi connectivity index (χ4v) is 4.92. The van der Waals surface area contributed by atoms with Crippen LogP contribution < -0.4 is 15.1 Å². The van der Waals surface area contributed by atoms with Gasteiger partial charge in [-0.2, -0.15) is 5.26 Å². The van der Waals surface area contributed by atoms with E-state index in [0.29, 0.717) is 0 Å². The summed E-state index contributed by atoms with van der Waals surface area (Å²) in [5, 5.41) is 11.8. The third-order valence-electron chi connectivity index (χ3n) is 6.88. The number of nitrogens with one attached hydrogen (secondary N) is 1. The molecule has 1 aromatic carbocycles. The highest BCUT2D eigenvalue weighted by atomic mass is 19.3. The second kappa shape index (κ2) is 11.4. The monoisotopic (exact) mass is 582 g/mol. The van der Waals surface area contributed by atoms with Crippen molar-refractivity contribution < 1.29 is 36.7 Å². The number of pyridine rings is 2. The van der Waals surface area contributed by atoms with Gasteiger partial charge >= 0.3 is 6.09 Å². The summed E-state index contributed by atoms with van der Waals surface area (Å²) in [4.78, 5) is 50.6. The van der Waals surface area contributed by atoms with Gasteiger partial charge in [-0.05, 0) is 18.2 Å². The van der Waals surface area contributed by atoms with Gasteiger partial charge in [0.15, 0.2) is 0 Å². The number of amides is 3. The van der Waals surface area contributed by atoms with Crippen molar-refractivity contribution in [2.75, 3.05) is 16.4 Å². The number of cyclic esters (lactones) is 1. The first kappa shape index (κ1) is 28.5. The Hall–Kier alpha value is -5.06. The van der Waals surface area contributed by atoms with Gasteiger partial charge in [0, 0.05) is 43.1 Å². The largest absolute Gasteiger partial charge is 0.449 e. The van der Waals surface area contributed by atoms with Gasteiger partial charge in [0.05, 0.1) is 36.3 Å². The zero-order valence-electron chi connectivity index (χ0n) is 21.7. The number of anilines is 2. The first-order chi connectivity index (χ1) is 20.1. The molecule has 2 aliphatic rings. The molecule has 2 aromatic heterocycles. The number of halogens is 4. The summed E-state index contributed by atoms with van der Waals surface area (Å²) in [5.74, 6) is -6.86. The van der Waals surface area contributed by atoms with Crippen molar-refractivity contribution in [2.24, 2.45) is 0 Å². The van der Waals surface area contributed by atoms with E-state index in [1.165, 1.54) is 36.5 Å². The van der Waals surface area contributed by atoms with Crippen molar-refractivity contribution in [3.8, 4) is 6.07 Å². The van der Waals surface area contributed by atoms with Crippen LogP contribution in [0.2, 0.25) is 0 Å². The smallest absolute Gasteiger partial charge is 0.416 e. The Morgan fingerprint density at radius 1 is 1.17 bits per heavy atom. The van der Waals surface area contributed by atoms with Crippen LogP contribution in [0.15, 0.2) is 61.1 Å². The Morgan fingerprint density at radius 2 is 1.93 bits per heavy atom. The van der Waals surface area contributed by atoms with E-state index in [2.05, 4.69) is 15.3 Å². The van der Waals surface area contributed by atoms with Gasteiger partial charge in [-0.15, -0.1) is 0 Å². The quantitative estimate of drug-likeness (QED) is 0.417. The predicted octanol–water partition coefficient (Wildman–Crippen LogP) is 4.03. The molecule has 3 heterocycles. The van der Waals surface area contributed by atoms with E-state index in [0.717, 1.165) is 34.3 Å². The van der Waals surface area contributed by atoms with Crippen LogP contribution in [0, 0.1) is 23.0 Å². The molecule has 1 saturated heterocycles. The summed E-state index contributed by atoms with van der Waals surface area (Å²) in [6.45, 7) is -0.216. The minimum absolute atomic E-state index is 0.113. The van der Waals surface area contributed by atoms with Crippen molar-refractivity contribution in [1.29, 1.82) is 5.26 Å². The average Bonchev–Trinajstić information content (AvgIpc) is 2.95. The third kappa shape index (κ3) is 5.71. The summed E-state index contributed by atoms with van der Waals surface area (Å²) in [7, 11) is 0. The summed E-state index contributed by atoms with van der Waals surface area (Å²) < 4.78 is 61.9. The van der Waals surface area contributed by atoms with E-state index in [9.17, 15) is 32.8 Å². The number of aromatic nitrogens is 2. The lowest BCUT2D eigenvalue weighted by molar-refractivity contribution is -0.133. The van der Waals surface area contributed by atoms with Gasteiger partial charge in [0.1, 0.15) is 29.5 Å². The van der Waals surface area contributed by atoms with E-state index < -0.39 is 66.4 Å². The van der Waals surface area contributed by atoms with Crippen LogP contribution >= 0.6 is 0 Å². The second-order valence-corrected chi connectivity index (χ2v) is 9.77. The molecule has 2 fully saturated rings. The molecule has 0 radical (unpaired) electrons. The Labute approximate surface area is 236 Å². The SMILES string of the molecule is N#Cc1ccnc(N2C(=O)OCC[C@H]2C(=O)N(c2cncc(F)c2)[C@H](C(=O)NC2CC(F)(F)C2)c2ccccc2F)c1. The molecular formula is C28H22F4N6O4. The van der Waals surface area contributed by atoms with Crippen LogP contribution in [0.4, 0.5) is 33.9 Å². The Bertz CT molecular complexity index is 1570. The molecule has 1 saturated carbocycles. The van der Waals surface area contributed by atoms with Gasteiger partial charge in [0.2, 0.25) is 5.91 Å². The maximum absolute atomic E-state index is 15.3. The molecule has 1 aliphatic carbocycles. The molecule has 3 amide bonds. The van der Waals surface area contributed by atoms with Crippen molar-refractivity contribution in [2.45, 2.75) is 43.3 Å².